The first-order valence-corrected chi connectivity index (χ1v) is 10.2. The summed E-state index contributed by atoms with van der Waals surface area (Å²) in [6.07, 6.45) is 6.85. The summed E-state index contributed by atoms with van der Waals surface area (Å²) in [5.41, 5.74) is 2.26. The summed E-state index contributed by atoms with van der Waals surface area (Å²) in [6.45, 7) is 6.13. The normalized spacial score (nSPS) is 21.0. The van der Waals surface area contributed by atoms with Crippen LogP contribution in [0.4, 0.5) is 14.9 Å². The largest absolute Gasteiger partial charge is 0.322 e. The van der Waals surface area contributed by atoms with Gasteiger partial charge in [0.25, 0.3) is 0 Å². The maximum Gasteiger partial charge on any atom is 0.322 e. The molecule has 2 amide bonds. The van der Waals surface area contributed by atoms with E-state index in [0.717, 1.165) is 36.4 Å². The zero-order chi connectivity index (χ0) is 22.0. The summed E-state index contributed by atoms with van der Waals surface area (Å²) in [5, 5.41) is 2.99. The Bertz CT molecular complexity index is 1060. The lowest BCUT2D eigenvalue weighted by Gasteiger charge is -2.42. The van der Waals surface area contributed by atoms with E-state index in [-0.39, 0.29) is 18.1 Å². The molecule has 1 saturated heterocycles. The van der Waals surface area contributed by atoms with Crippen molar-refractivity contribution < 1.29 is 9.18 Å². The number of anilines is 1. The van der Waals surface area contributed by atoms with E-state index < -0.39 is 5.82 Å². The molecule has 1 aliphatic rings. The fraction of sp³-hybridized carbons (Fsp3) is 0.364. The number of aromatic nitrogens is 5. The lowest BCUT2D eigenvalue weighted by molar-refractivity contribution is 0.0958. The summed E-state index contributed by atoms with van der Waals surface area (Å²) >= 11 is 0. The molecular formula is C22H24FN7O. The highest BCUT2D eigenvalue weighted by atomic mass is 19.1. The number of likely N-dealkylation sites (tertiary alicyclic amines) is 1. The lowest BCUT2D eigenvalue weighted by Crippen LogP contribution is -2.48. The number of urea groups is 1. The van der Waals surface area contributed by atoms with Crippen LogP contribution in [0.15, 0.2) is 43.2 Å². The molecule has 4 rings (SSSR count). The van der Waals surface area contributed by atoms with Crippen LogP contribution in [0.3, 0.4) is 0 Å². The number of piperidine rings is 1. The summed E-state index contributed by atoms with van der Waals surface area (Å²) in [5.74, 6) is 0.942. The lowest BCUT2D eigenvalue weighted by atomic mass is 9.87. The van der Waals surface area contributed by atoms with Crippen molar-refractivity contribution in [3.8, 4) is 11.4 Å². The number of hydrogen-bond acceptors (Lipinski definition) is 6. The first-order chi connectivity index (χ1) is 14.9. The van der Waals surface area contributed by atoms with Crippen LogP contribution in [0.2, 0.25) is 0 Å². The third kappa shape index (κ3) is 4.50. The molecule has 31 heavy (non-hydrogen) atoms. The van der Waals surface area contributed by atoms with Crippen molar-refractivity contribution in [2.24, 2.45) is 5.92 Å². The molecule has 1 aliphatic heterocycles. The number of carbonyl (C=O) groups excluding carboxylic acids is 1. The van der Waals surface area contributed by atoms with Crippen molar-refractivity contribution in [3.05, 3.63) is 60.5 Å². The van der Waals surface area contributed by atoms with Crippen molar-refractivity contribution in [1.29, 1.82) is 0 Å². The van der Waals surface area contributed by atoms with Gasteiger partial charge in [0, 0.05) is 17.3 Å². The van der Waals surface area contributed by atoms with Crippen molar-refractivity contribution in [2.75, 3.05) is 5.32 Å². The number of amides is 2. The number of carbonyl (C=O) groups is 1. The van der Waals surface area contributed by atoms with Gasteiger partial charge >= 0.3 is 6.03 Å². The van der Waals surface area contributed by atoms with E-state index in [0.29, 0.717) is 23.3 Å². The Hall–Kier alpha value is -3.49. The molecule has 0 aliphatic carbocycles. The zero-order valence-corrected chi connectivity index (χ0v) is 17.7. The van der Waals surface area contributed by atoms with E-state index in [1.165, 1.54) is 12.7 Å². The highest BCUT2D eigenvalue weighted by Gasteiger charge is 2.37. The standard InChI is InChI=1S/C22H24FN7O/c1-13-6-15(3)30(19(7-13)21-27-11-24-12-28-21)22(31)29-17-5-4-14(2)18(8-17)20-25-9-16(23)10-26-20/h4-5,8-13,15,19H,6-7H2,1-3H3,(H,29,31)/t13-,15-,19?/m1/s1. The number of nitrogens with zero attached hydrogens (tertiary/aromatic N) is 6. The second-order valence-corrected chi connectivity index (χ2v) is 8.03. The maximum absolute atomic E-state index is 13.3. The SMILES string of the molecule is Cc1ccc(NC(=O)N2C(c3ncncn3)C[C@H](C)C[C@H]2C)cc1-c1ncc(F)cn1. The average Bonchev–Trinajstić information content (AvgIpc) is 2.75. The van der Waals surface area contributed by atoms with Crippen LogP contribution in [0.5, 0.6) is 0 Å². The fourth-order valence-corrected chi connectivity index (χ4v) is 4.17. The number of aryl methyl sites for hydroxylation is 1. The Labute approximate surface area is 180 Å². The molecule has 1 aromatic carbocycles. The average molecular weight is 421 g/mol. The fourth-order valence-electron chi connectivity index (χ4n) is 4.17. The van der Waals surface area contributed by atoms with Crippen LogP contribution >= 0.6 is 0 Å². The van der Waals surface area contributed by atoms with Gasteiger partial charge in [-0.25, -0.2) is 34.1 Å². The van der Waals surface area contributed by atoms with Gasteiger partial charge in [0.15, 0.2) is 17.5 Å². The molecule has 1 N–H and O–H groups in total. The van der Waals surface area contributed by atoms with E-state index in [4.69, 9.17) is 0 Å². The molecule has 3 aromatic rings. The third-order valence-corrected chi connectivity index (χ3v) is 5.58. The molecule has 0 bridgehead atoms. The highest BCUT2D eigenvalue weighted by Crippen LogP contribution is 2.36. The second-order valence-electron chi connectivity index (χ2n) is 8.03. The second kappa shape index (κ2) is 8.71. The Morgan fingerprint density at radius 2 is 1.81 bits per heavy atom. The molecule has 2 aromatic heterocycles. The molecule has 0 saturated carbocycles. The van der Waals surface area contributed by atoms with E-state index in [9.17, 15) is 9.18 Å². The Balaban J connectivity index is 1.60. The van der Waals surface area contributed by atoms with Crippen LogP contribution in [0.25, 0.3) is 11.4 Å². The predicted octanol–water partition coefficient (Wildman–Crippen LogP) is 4.17. The topological polar surface area (TPSA) is 96.8 Å². The maximum atomic E-state index is 13.3. The highest BCUT2D eigenvalue weighted by molar-refractivity contribution is 5.90. The van der Waals surface area contributed by atoms with Gasteiger partial charge in [-0.05, 0) is 50.3 Å². The Morgan fingerprint density at radius 1 is 1.10 bits per heavy atom. The molecule has 1 fully saturated rings. The van der Waals surface area contributed by atoms with Crippen molar-refractivity contribution >= 4 is 11.7 Å². The Morgan fingerprint density at radius 3 is 2.52 bits per heavy atom. The van der Waals surface area contributed by atoms with Crippen molar-refractivity contribution in [3.63, 3.8) is 0 Å². The molecule has 8 nitrogen and oxygen atoms in total. The zero-order valence-electron chi connectivity index (χ0n) is 17.7. The van der Waals surface area contributed by atoms with E-state index >= 15 is 0 Å². The molecule has 3 heterocycles. The molecule has 160 valence electrons. The molecule has 1 unspecified atom stereocenters. The number of nitrogens with one attached hydrogen (secondary N) is 1. The quantitative estimate of drug-likeness (QED) is 0.682. The Kier molecular flexibility index (Phi) is 5.83. The van der Waals surface area contributed by atoms with Crippen LogP contribution in [0.1, 0.15) is 44.1 Å². The number of hydrogen-bond donors (Lipinski definition) is 1. The summed E-state index contributed by atoms with van der Waals surface area (Å²) in [7, 11) is 0. The van der Waals surface area contributed by atoms with Crippen molar-refractivity contribution in [2.45, 2.75) is 45.7 Å². The minimum atomic E-state index is -0.497. The molecule has 0 radical (unpaired) electrons. The predicted molar refractivity (Wildman–Crippen MR) is 113 cm³/mol. The smallest absolute Gasteiger partial charge is 0.312 e. The van der Waals surface area contributed by atoms with Gasteiger partial charge in [-0.1, -0.05) is 13.0 Å². The third-order valence-electron chi connectivity index (χ3n) is 5.58. The number of rotatable bonds is 3. The van der Waals surface area contributed by atoms with Gasteiger partial charge < -0.3 is 10.2 Å². The van der Waals surface area contributed by atoms with E-state index in [2.05, 4.69) is 37.2 Å². The number of halogens is 1. The van der Waals surface area contributed by atoms with Gasteiger partial charge in [0.1, 0.15) is 12.7 Å². The molecule has 9 heteroatoms. The van der Waals surface area contributed by atoms with Gasteiger partial charge in [-0.15, -0.1) is 0 Å². The monoisotopic (exact) mass is 421 g/mol. The van der Waals surface area contributed by atoms with Crippen LogP contribution in [0, 0.1) is 18.7 Å². The van der Waals surface area contributed by atoms with Gasteiger partial charge in [-0.3, -0.25) is 0 Å². The molecule has 0 spiro atoms. The van der Waals surface area contributed by atoms with Crippen LogP contribution < -0.4 is 5.32 Å². The van der Waals surface area contributed by atoms with E-state index in [1.807, 2.05) is 30.9 Å². The summed E-state index contributed by atoms with van der Waals surface area (Å²) in [6, 6.07) is 5.08. The molecule has 3 atom stereocenters. The first kappa shape index (κ1) is 20.8. The summed E-state index contributed by atoms with van der Waals surface area (Å²) in [4.78, 5) is 35.7. The van der Waals surface area contributed by atoms with Gasteiger partial charge in [-0.2, -0.15) is 0 Å². The number of benzene rings is 1. The van der Waals surface area contributed by atoms with Crippen LogP contribution in [-0.4, -0.2) is 41.9 Å². The van der Waals surface area contributed by atoms with Gasteiger partial charge in [0.2, 0.25) is 0 Å². The first-order valence-electron chi connectivity index (χ1n) is 10.2. The van der Waals surface area contributed by atoms with E-state index in [1.54, 1.807) is 6.07 Å². The minimum absolute atomic E-state index is 0.0239. The summed E-state index contributed by atoms with van der Waals surface area (Å²) < 4.78 is 13.2. The van der Waals surface area contributed by atoms with Gasteiger partial charge in [0.05, 0.1) is 18.4 Å². The minimum Gasteiger partial charge on any atom is -0.312 e. The molecular weight excluding hydrogens is 397 g/mol. The van der Waals surface area contributed by atoms with Crippen LogP contribution in [-0.2, 0) is 0 Å². The van der Waals surface area contributed by atoms with Crippen molar-refractivity contribution in [1.82, 2.24) is 29.8 Å².